The third kappa shape index (κ3) is 1.83. The number of benzene rings is 1. The van der Waals surface area contributed by atoms with Gasteiger partial charge in [-0.3, -0.25) is 9.38 Å². The van der Waals surface area contributed by atoms with Crippen LogP contribution in [0.1, 0.15) is 0 Å². The first-order chi connectivity index (χ1) is 8.25. The molecule has 0 saturated heterocycles. The van der Waals surface area contributed by atoms with Crippen molar-refractivity contribution in [1.29, 1.82) is 0 Å². The van der Waals surface area contributed by atoms with Gasteiger partial charge in [0.1, 0.15) is 10.3 Å². The van der Waals surface area contributed by atoms with Crippen molar-refractivity contribution in [3.05, 3.63) is 52.5 Å². The maximum Gasteiger partial charge on any atom is 0.156 e. The van der Waals surface area contributed by atoms with Crippen LogP contribution in [0.25, 0.3) is 16.9 Å². The Labute approximate surface area is 111 Å². The lowest BCUT2D eigenvalue weighted by Gasteiger charge is -1.98. The van der Waals surface area contributed by atoms with Crippen molar-refractivity contribution in [3.63, 3.8) is 0 Å². The summed E-state index contributed by atoms with van der Waals surface area (Å²) in [7, 11) is 0. The third-order valence-electron chi connectivity index (χ3n) is 2.49. The molecule has 0 bridgehead atoms. The van der Waals surface area contributed by atoms with Crippen LogP contribution in [0.3, 0.4) is 0 Å². The molecule has 17 heavy (non-hydrogen) atoms. The van der Waals surface area contributed by atoms with E-state index >= 15 is 0 Å². The Morgan fingerprint density at radius 2 is 1.94 bits per heavy atom. The van der Waals surface area contributed by atoms with E-state index in [0.717, 1.165) is 26.5 Å². The summed E-state index contributed by atoms with van der Waals surface area (Å²) >= 11 is 9.42. The Balaban J connectivity index is 2.24. The van der Waals surface area contributed by atoms with E-state index in [1.165, 1.54) is 0 Å². The zero-order valence-corrected chi connectivity index (χ0v) is 11.0. The molecule has 0 amide bonds. The number of fused-ring (bicyclic) bond motifs is 1. The lowest BCUT2D eigenvalue weighted by molar-refractivity contribution is 1.10. The zero-order valence-electron chi connectivity index (χ0n) is 8.64. The number of aromatic nitrogens is 3. The van der Waals surface area contributed by atoms with Gasteiger partial charge in [0.2, 0.25) is 0 Å². The average molecular weight is 309 g/mol. The lowest BCUT2D eigenvalue weighted by Crippen LogP contribution is -1.83. The first-order valence-electron chi connectivity index (χ1n) is 4.99. The molecule has 3 aromatic rings. The summed E-state index contributed by atoms with van der Waals surface area (Å²) in [6, 6.07) is 7.60. The van der Waals surface area contributed by atoms with Crippen LogP contribution < -0.4 is 0 Å². The van der Waals surface area contributed by atoms with Gasteiger partial charge in [0.15, 0.2) is 5.65 Å². The van der Waals surface area contributed by atoms with Gasteiger partial charge in [-0.05, 0) is 28.1 Å². The van der Waals surface area contributed by atoms with Gasteiger partial charge >= 0.3 is 0 Å². The highest BCUT2D eigenvalue weighted by Gasteiger charge is 2.11. The van der Waals surface area contributed by atoms with Crippen LogP contribution in [0, 0.1) is 0 Å². The minimum atomic E-state index is 0.718. The molecule has 2 heterocycles. The van der Waals surface area contributed by atoms with Crippen LogP contribution in [0.15, 0.2) is 47.5 Å². The van der Waals surface area contributed by atoms with Gasteiger partial charge in [-0.1, -0.05) is 23.7 Å². The van der Waals surface area contributed by atoms with Crippen molar-refractivity contribution in [2.45, 2.75) is 0 Å². The molecule has 0 spiro atoms. The molecule has 3 rings (SSSR count). The predicted molar refractivity (Wildman–Crippen MR) is 71.1 cm³/mol. The average Bonchev–Trinajstić information content (AvgIpc) is 2.69. The summed E-state index contributed by atoms with van der Waals surface area (Å²) in [6.07, 6.45) is 5.32. The van der Waals surface area contributed by atoms with Crippen LogP contribution in [0.4, 0.5) is 0 Å². The van der Waals surface area contributed by atoms with E-state index in [0.29, 0.717) is 0 Å². The number of rotatable bonds is 1. The molecule has 0 atom stereocenters. The fourth-order valence-electron chi connectivity index (χ4n) is 1.67. The second-order valence-electron chi connectivity index (χ2n) is 3.56. The second kappa shape index (κ2) is 4.13. The standard InChI is InChI=1S/C12H7BrClN3/c13-12-11(8-1-3-9(14)4-2-8)16-10-7-15-5-6-17(10)12/h1-7H. The Hall–Kier alpha value is -1.39. The highest BCUT2D eigenvalue weighted by atomic mass is 79.9. The van der Waals surface area contributed by atoms with E-state index in [9.17, 15) is 0 Å². The summed E-state index contributed by atoms with van der Waals surface area (Å²) in [5.74, 6) is 0. The first kappa shape index (κ1) is 10.7. The molecule has 0 aliphatic carbocycles. The number of hydrogen-bond donors (Lipinski definition) is 0. The van der Waals surface area contributed by atoms with Gasteiger partial charge in [-0.25, -0.2) is 4.98 Å². The molecule has 0 N–H and O–H groups in total. The van der Waals surface area contributed by atoms with Gasteiger partial charge in [-0.15, -0.1) is 0 Å². The number of imidazole rings is 1. The normalized spacial score (nSPS) is 10.9. The number of halogens is 2. The molecule has 1 aromatic carbocycles. The first-order valence-corrected chi connectivity index (χ1v) is 6.16. The van der Waals surface area contributed by atoms with E-state index in [2.05, 4.69) is 25.9 Å². The van der Waals surface area contributed by atoms with E-state index < -0.39 is 0 Å². The Morgan fingerprint density at radius 3 is 2.65 bits per heavy atom. The van der Waals surface area contributed by atoms with Crippen molar-refractivity contribution in [2.24, 2.45) is 0 Å². The molecular formula is C12H7BrClN3. The maximum absolute atomic E-state index is 5.87. The summed E-state index contributed by atoms with van der Waals surface area (Å²) in [5, 5.41) is 0.718. The molecule has 5 heteroatoms. The summed E-state index contributed by atoms with van der Waals surface area (Å²) < 4.78 is 2.86. The molecule has 0 radical (unpaired) electrons. The van der Waals surface area contributed by atoms with Crippen LogP contribution in [0.5, 0.6) is 0 Å². The Bertz CT molecular complexity index is 676. The van der Waals surface area contributed by atoms with Crippen LogP contribution in [-0.4, -0.2) is 14.4 Å². The monoisotopic (exact) mass is 307 g/mol. The fraction of sp³-hybridized carbons (Fsp3) is 0. The van der Waals surface area contributed by atoms with E-state index in [-0.39, 0.29) is 0 Å². The Kier molecular flexibility index (Phi) is 2.61. The van der Waals surface area contributed by atoms with Gasteiger partial charge < -0.3 is 0 Å². The smallest absolute Gasteiger partial charge is 0.156 e. The number of hydrogen-bond acceptors (Lipinski definition) is 2. The zero-order chi connectivity index (χ0) is 11.8. The summed E-state index contributed by atoms with van der Waals surface area (Å²) in [4.78, 5) is 8.57. The van der Waals surface area contributed by atoms with E-state index in [1.807, 2.05) is 34.9 Å². The van der Waals surface area contributed by atoms with Crippen molar-refractivity contribution in [2.75, 3.05) is 0 Å². The maximum atomic E-state index is 5.87. The molecule has 0 fully saturated rings. The molecule has 84 valence electrons. The minimum absolute atomic E-state index is 0.718. The van der Waals surface area contributed by atoms with Crippen LogP contribution in [0.2, 0.25) is 5.02 Å². The van der Waals surface area contributed by atoms with Crippen LogP contribution in [-0.2, 0) is 0 Å². The molecule has 3 nitrogen and oxygen atoms in total. The summed E-state index contributed by atoms with van der Waals surface area (Å²) in [5.41, 5.74) is 2.71. The fourth-order valence-corrected chi connectivity index (χ4v) is 2.41. The van der Waals surface area contributed by atoms with Crippen molar-refractivity contribution < 1.29 is 0 Å². The molecule has 0 unspecified atom stereocenters. The minimum Gasteiger partial charge on any atom is -0.291 e. The van der Waals surface area contributed by atoms with Crippen molar-refractivity contribution in [1.82, 2.24) is 14.4 Å². The van der Waals surface area contributed by atoms with E-state index in [4.69, 9.17) is 11.6 Å². The summed E-state index contributed by atoms with van der Waals surface area (Å²) in [6.45, 7) is 0. The molecule has 0 aliphatic heterocycles. The van der Waals surface area contributed by atoms with Gasteiger partial charge in [0.05, 0.1) is 6.20 Å². The predicted octanol–water partition coefficient (Wildman–Crippen LogP) is 3.81. The Morgan fingerprint density at radius 1 is 1.18 bits per heavy atom. The SMILES string of the molecule is Clc1ccc(-c2nc3cnccn3c2Br)cc1. The molecule has 2 aromatic heterocycles. The van der Waals surface area contributed by atoms with Crippen molar-refractivity contribution in [3.8, 4) is 11.3 Å². The second-order valence-corrected chi connectivity index (χ2v) is 4.75. The topological polar surface area (TPSA) is 30.2 Å². The van der Waals surface area contributed by atoms with Gasteiger partial charge in [-0.2, -0.15) is 0 Å². The van der Waals surface area contributed by atoms with Crippen molar-refractivity contribution >= 4 is 33.2 Å². The van der Waals surface area contributed by atoms with E-state index in [1.54, 1.807) is 12.4 Å². The highest BCUT2D eigenvalue weighted by Crippen LogP contribution is 2.29. The highest BCUT2D eigenvalue weighted by molar-refractivity contribution is 9.10. The molecular weight excluding hydrogens is 302 g/mol. The number of nitrogens with zero attached hydrogens (tertiary/aromatic N) is 3. The van der Waals surface area contributed by atoms with Gasteiger partial charge in [0, 0.05) is 23.0 Å². The lowest BCUT2D eigenvalue weighted by atomic mass is 10.2. The van der Waals surface area contributed by atoms with Gasteiger partial charge in [0.25, 0.3) is 0 Å². The molecule has 0 aliphatic rings. The molecule has 0 saturated carbocycles. The largest absolute Gasteiger partial charge is 0.291 e. The quantitative estimate of drug-likeness (QED) is 0.684. The third-order valence-corrected chi connectivity index (χ3v) is 3.50. The van der Waals surface area contributed by atoms with Crippen LogP contribution >= 0.6 is 27.5 Å².